The number of carbonyl (C=O) groups is 1. The summed E-state index contributed by atoms with van der Waals surface area (Å²) in [6, 6.07) is 3.38. The third-order valence-corrected chi connectivity index (χ3v) is 2.38. The van der Waals surface area contributed by atoms with Crippen LogP contribution in [0.5, 0.6) is 5.88 Å². The molecule has 1 aromatic rings. The maximum absolute atomic E-state index is 11.4. The fraction of sp³-hybridized carbons (Fsp3) is 0.500. The minimum atomic E-state index is -0.0500. The number of hydrogen-bond acceptors (Lipinski definition) is 6. The van der Waals surface area contributed by atoms with Crippen LogP contribution in [0.1, 0.15) is 6.42 Å². The van der Waals surface area contributed by atoms with Gasteiger partial charge >= 0.3 is 0 Å². The number of ether oxygens (including phenoxy) is 2. The standard InChI is InChI=1S/C12H20N4O3/c1-18-8-7-14-10(17)5-6-15-12-9(13)3-4-11(16-12)19-2/h3-4H,5-8,13H2,1-2H3,(H,14,17)(H,15,16). The number of amides is 1. The summed E-state index contributed by atoms with van der Waals surface area (Å²) in [6.45, 7) is 1.46. The van der Waals surface area contributed by atoms with Crippen molar-refractivity contribution in [2.75, 3.05) is 45.0 Å². The van der Waals surface area contributed by atoms with Crippen molar-refractivity contribution in [2.45, 2.75) is 6.42 Å². The number of methoxy groups -OCH3 is 2. The van der Waals surface area contributed by atoms with Gasteiger partial charge in [0.2, 0.25) is 11.8 Å². The number of pyridine rings is 1. The zero-order valence-corrected chi connectivity index (χ0v) is 11.2. The third kappa shape index (κ3) is 5.43. The molecule has 0 saturated heterocycles. The third-order valence-electron chi connectivity index (χ3n) is 2.38. The fourth-order valence-electron chi connectivity index (χ4n) is 1.38. The summed E-state index contributed by atoms with van der Waals surface area (Å²) in [4.78, 5) is 15.6. The molecule has 0 aliphatic rings. The van der Waals surface area contributed by atoms with E-state index in [1.807, 2.05) is 0 Å². The van der Waals surface area contributed by atoms with Gasteiger partial charge < -0.3 is 25.8 Å². The quantitative estimate of drug-likeness (QED) is 0.584. The minimum Gasteiger partial charge on any atom is -0.481 e. The summed E-state index contributed by atoms with van der Waals surface area (Å²) in [5.74, 6) is 0.941. The van der Waals surface area contributed by atoms with Crippen molar-refractivity contribution < 1.29 is 14.3 Å². The van der Waals surface area contributed by atoms with Crippen LogP contribution < -0.4 is 21.1 Å². The van der Waals surface area contributed by atoms with Gasteiger partial charge in [-0.15, -0.1) is 0 Å². The largest absolute Gasteiger partial charge is 0.481 e. The molecule has 7 nitrogen and oxygen atoms in total. The first kappa shape index (κ1) is 15.0. The van der Waals surface area contributed by atoms with Crippen molar-refractivity contribution in [2.24, 2.45) is 0 Å². The summed E-state index contributed by atoms with van der Waals surface area (Å²) in [6.07, 6.45) is 0.335. The summed E-state index contributed by atoms with van der Waals surface area (Å²) in [5.41, 5.74) is 6.28. The van der Waals surface area contributed by atoms with Crippen LogP contribution in [0.15, 0.2) is 12.1 Å². The van der Waals surface area contributed by atoms with Gasteiger partial charge in [0.05, 0.1) is 19.4 Å². The molecule has 0 fully saturated rings. The Labute approximate surface area is 112 Å². The maximum atomic E-state index is 11.4. The molecule has 1 heterocycles. The Kier molecular flexibility index (Phi) is 6.45. The highest BCUT2D eigenvalue weighted by molar-refractivity contribution is 5.76. The van der Waals surface area contributed by atoms with E-state index in [0.29, 0.717) is 43.5 Å². The molecule has 106 valence electrons. The number of carbonyl (C=O) groups excluding carboxylic acids is 1. The van der Waals surface area contributed by atoms with Crippen molar-refractivity contribution >= 4 is 17.4 Å². The number of nitrogen functional groups attached to an aromatic ring is 1. The second kappa shape index (κ2) is 8.15. The Morgan fingerprint density at radius 3 is 2.84 bits per heavy atom. The smallest absolute Gasteiger partial charge is 0.221 e. The highest BCUT2D eigenvalue weighted by Crippen LogP contribution is 2.19. The molecule has 1 amide bonds. The lowest BCUT2D eigenvalue weighted by atomic mass is 10.3. The lowest BCUT2D eigenvalue weighted by Gasteiger charge is -2.09. The number of nitrogens with two attached hydrogens (primary N) is 1. The van der Waals surface area contributed by atoms with Crippen molar-refractivity contribution in [1.82, 2.24) is 10.3 Å². The van der Waals surface area contributed by atoms with Gasteiger partial charge in [0.15, 0.2) is 5.82 Å². The summed E-state index contributed by atoms with van der Waals surface area (Å²) in [7, 11) is 3.12. The van der Waals surface area contributed by atoms with Crippen LogP contribution in [0.2, 0.25) is 0 Å². The average molecular weight is 268 g/mol. The Hall–Kier alpha value is -2.02. The molecule has 0 saturated carbocycles. The maximum Gasteiger partial charge on any atom is 0.221 e. The molecule has 0 aromatic carbocycles. The van der Waals surface area contributed by atoms with E-state index in [1.54, 1.807) is 19.2 Å². The monoisotopic (exact) mass is 268 g/mol. The van der Waals surface area contributed by atoms with Gasteiger partial charge in [0.25, 0.3) is 0 Å². The summed E-state index contributed by atoms with van der Waals surface area (Å²) < 4.78 is 9.84. The van der Waals surface area contributed by atoms with Gasteiger partial charge in [-0.05, 0) is 6.07 Å². The SMILES string of the molecule is COCCNC(=O)CCNc1nc(OC)ccc1N. The van der Waals surface area contributed by atoms with Crippen LogP contribution in [-0.2, 0) is 9.53 Å². The normalized spacial score (nSPS) is 10.0. The van der Waals surface area contributed by atoms with Crippen molar-refractivity contribution in [3.8, 4) is 5.88 Å². The van der Waals surface area contributed by atoms with Gasteiger partial charge in [0, 0.05) is 32.7 Å². The second-order valence-electron chi connectivity index (χ2n) is 3.81. The van der Waals surface area contributed by atoms with Crippen LogP contribution in [0.25, 0.3) is 0 Å². The molecule has 1 aromatic heterocycles. The number of nitrogens with zero attached hydrogens (tertiary/aromatic N) is 1. The van der Waals surface area contributed by atoms with Gasteiger partial charge in [0.1, 0.15) is 0 Å². The molecule has 0 aliphatic carbocycles. The number of aromatic nitrogens is 1. The van der Waals surface area contributed by atoms with Crippen LogP contribution in [0, 0.1) is 0 Å². The number of anilines is 2. The molecule has 4 N–H and O–H groups in total. The molecule has 0 bridgehead atoms. The van der Waals surface area contributed by atoms with E-state index < -0.39 is 0 Å². The van der Waals surface area contributed by atoms with Gasteiger partial charge in [-0.3, -0.25) is 4.79 Å². The summed E-state index contributed by atoms with van der Waals surface area (Å²) in [5, 5.41) is 5.73. The number of hydrogen-bond donors (Lipinski definition) is 3. The second-order valence-corrected chi connectivity index (χ2v) is 3.81. The van der Waals surface area contributed by atoms with Crippen molar-refractivity contribution in [3.05, 3.63) is 12.1 Å². The van der Waals surface area contributed by atoms with Crippen LogP contribution in [0.4, 0.5) is 11.5 Å². The zero-order valence-electron chi connectivity index (χ0n) is 11.2. The molecule has 0 unspecified atom stereocenters. The molecule has 0 atom stereocenters. The molecule has 7 heteroatoms. The Morgan fingerprint density at radius 1 is 1.37 bits per heavy atom. The lowest BCUT2D eigenvalue weighted by molar-refractivity contribution is -0.121. The first-order valence-corrected chi connectivity index (χ1v) is 5.97. The van der Waals surface area contributed by atoms with E-state index in [2.05, 4.69) is 15.6 Å². The first-order chi connectivity index (χ1) is 9.17. The molecule has 19 heavy (non-hydrogen) atoms. The highest BCUT2D eigenvalue weighted by Gasteiger charge is 2.04. The fourth-order valence-corrected chi connectivity index (χ4v) is 1.38. The zero-order chi connectivity index (χ0) is 14.1. The van der Waals surface area contributed by atoms with E-state index in [-0.39, 0.29) is 5.91 Å². The molecule has 1 rings (SSSR count). The number of nitrogens with one attached hydrogen (secondary N) is 2. The predicted octanol–water partition coefficient (Wildman–Crippen LogP) is 0.237. The number of rotatable bonds is 8. The molecule has 0 spiro atoms. The van der Waals surface area contributed by atoms with Crippen LogP contribution >= 0.6 is 0 Å². The van der Waals surface area contributed by atoms with Crippen molar-refractivity contribution in [3.63, 3.8) is 0 Å². The highest BCUT2D eigenvalue weighted by atomic mass is 16.5. The molecule has 0 aliphatic heterocycles. The van der Waals surface area contributed by atoms with Gasteiger partial charge in [-0.2, -0.15) is 4.98 Å². The van der Waals surface area contributed by atoms with E-state index in [4.69, 9.17) is 15.2 Å². The Bertz CT molecular complexity index is 412. The van der Waals surface area contributed by atoms with Crippen LogP contribution in [-0.4, -0.2) is 44.8 Å². The molecular formula is C12H20N4O3. The Morgan fingerprint density at radius 2 is 2.16 bits per heavy atom. The van der Waals surface area contributed by atoms with Crippen LogP contribution in [0.3, 0.4) is 0 Å². The topological polar surface area (TPSA) is 98.5 Å². The van der Waals surface area contributed by atoms with E-state index in [1.165, 1.54) is 7.11 Å². The average Bonchev–Trinajstić information content (AvgIpc) is 2.41. The van der Waals surface area contributed by atoms with Crippen molar-refractivity contribution in [1.29, 1.82) is 0 Å². The van der Waals surface area contributed by atoms with E-state index in [0.717, 1.165) is 0 Å². The summed E-state index contributed by atoms with van der Waals surface area (Å²) >= 11 is 0. The molecule has 0 radical (unpaired) electrons. The van der Waals surface area contributed by atoms with E-state index >= 15 is 0 Å². The Balaban J connectivity index is 2.34. The van der Waals surface area contributed by atoms with Gasteiger partial charge in [-0.25, -0.2) is 0 Å². The van der Waals surface area contributed by atoms with E-state index in [9.17, 15) is 4.79 Å². The van der Waals surface area contributed by atoms with Gasteiger partial charge in [-0.1, -0.05) is 0 Å². The minimum absolute atomic E-state index is 0.0500. The predicted molar refractivity (Wildman–Crippen MR) is 73.2 cm³/mol. The molecular weight excluding hydrogens is 248 g/mol. The first-order valence-electron chi connectivity index (χ1n) is 5.97. The lowest BCUT2D eigenvalue weighted by Crippen LogP contribution is -2.28.